The highest BCUT2D eigenvalue weighted by molar-refractivity contribution is 5.79. The molecule has 0 heterocycles. The fourth-order valence-electron chi connectivity index (χ4n) is 1.94. The van der Waals surface area contributed by atoms with Crippen molar-refractivity contribution in [3.63, 3.8) is 0 Å². The fourth-order valence-corrected chi connectivity index (χ4v) is 1.94. The summed E-state index contributed by atoms with van der Waals surface area (Å²) in [5, 5.41) is 21.3. The van der Waals surface area contributed by atoms with Gasteiger partial charge in [0.15, 0.2) is 6.04 Å². The van der Waals surface area contributed by atoms with Gasteiger partial charge in [-0.15, -0.1) is 0 Å². The van der Waals surface area contributed by atoms with Gasteiger partial charge in [0.2, 0.25) is 0 Å². The third kappa shape index (κ3) is 3.26. The number of phenolic OH excluding ortho intramolecular Hbond substituents is 1. The lowest BCUT2D eigenvalue weighted by atomic mass is 10.1. The summed E-state index contributed by atoms with van der Waals surface area (Å²) < 4.78 is 13.3. The van der Waals surface area contributed by atoms with E-state index in [1.165, 1.54) is 36.4 Å². The normalized spacial score (nSPS) is 11.9. The molecule has 0 saturated heterocycles. The van der Waals surface area contributed by atoms with E-state index >= 15 is 0 Å². The smallest absolute Gasteiger partial charge is 0.330 e. The quantitative estimate of drug-likeness (QED) is 0.802. The molecule has 0 aliphatic carbocycles. The van der Waals surface area contributed by atoms with Crippen LogP contribution in [-0.4, -0.2) is 16.2 Å². The first-order chi connectivity index (χ1) is 9.45. The molecule has 0 aliphatic rings. The van der Waals surface area contributed by atoms with Gasteiger partial charge < -0.3 is 15.5 Å². The standard InChI is InChI=1S/C15H14FNO3/c1-9-6-11(16)8-12(7-9)17-14(15(19)20)10-2-4-13(18)5-3-10/h2-8,14,17-18H,1H3,(H,19,20). The minimum atomic E-state index is -1.09. The number of hydrogen-bond acceptors (Lipinski definition) is 3. The van der Waals surface area contributed by atoms with Gasteiger partial charge in [-0.05, 0) is 48.4 Å². The van der Waals surface area contributed by atoms with E-state index in [1.54, 1.807) is 13.0 Å². The van der Waals surface area contributed by atoms with E-state index in [9.17, 15) is 19.4 Å². The van der Waals surface area contributed by atoms with Crippen molar-refractivity contribution in [1.82, 2.24) is 0 Å². The van der Waals surface area contributed by atoms with Crippen molar-refractivity contribution in [3.8, 4) is 5.75 Å². The topological polar surface area (TPSA) is 69.6 Å². The highest BCUT2D eigenvalue weighted by Gasteiger charge is 2.19. The molecule has 0 radical (unpaired) electrons. The lowest BCUT2D eigenvalue weighted by Crippen LogP contribution is -2.20. The Hall–Kier alpha value is -2.56. The van der Waals surface area contributed by atoms with Gasteiger partial charge in [0.25, 0.3) is 0 Å². The molecule has 5 heteroatoms. The maximum atomic E-state index is 13.3. The van der Waals surface area contributed by atoms with Crippen LogP contribution in [0.2, 0.25) is 0 Å². The second-order valence-corrected chi connectivity index (χ2v) is 4.52. The summed E-state index contributed by atoms with van der Waals surface area (Å²) in [6.45, 7) is 1.73. The maximum Gasteiger partial charge on any atom is 0.330 e. The van der Waals surface area contributed by atoms with Gasteiger partial charge >= 0.3 is 5.97 Å². The summed E-state index contributed by atoms with van der Waals surface area (Å²) in [6.07, 6.45) is 0. The van der Waals surface area contributed by atoms with Crippen LogP contribution in [0.25, 0.3) is 0 Å². The minimum Gasteiger partial charge on any atom is -0.508 e. The van der Waals surface area contributed by atoms with Crippen LogP contribution in [0, 0.1) is 12.7 Å². The molecule has 0 saturated carbocycles. The van der Waals surface area contributed by atoms with E-state index in [4.69, 9.17) is 0 Å². The van der Waals surface area contributed by atoms with E-state index in [-0.39, 0.29) is 5.75 Å². The number of phenols is 1. The van der Waals surface area contributed by atoms with Crippen molar-refractivity contribution in [2.75, 3.05) is 5.32 Å². The molecule has 3 N–H and O–H groups in total. The molecule has 104 valence electrons. The molecule has 0 aliphatic heterocycles. The van der Waals surface area contributed by atoms with E-state index < -0.39 is 17.8 Å². The number of anilines is 1. The minimum absolute atomic E-state index is 0.0551. The molecule has 4 nitrogen and oxygen atoms in total. The van der Waals surface area contributed by atoms with Gasteiger partial charge in [0, 0.05) is 5.69 Å². The number of carboxylic acid groups (broad SMARTS) is 1. The number of aromatic hydroxyl groups is 1. The Morgan fingerprint density at radius 1 is 1.20 bits per heavy atom. The number of carbonyl (C=O) groups is 1. The first kappa shape index (κ1) is 13.9. The molecule has 2 aromatic carbocycles. The summed E-state index contributed by atoms with van der Waals surface area (Å²) in [6, 6.07) is 9.08. The van der Waals surface area contributed by atoms with Crippen molar-refractivity contribution in [2.45, 2.75) is 13.0 Å². The van der Waals surface area contributed by atoms with Gasteiger partial charge in [-0.25, -0.2) is 9.18 Å². The summed E-state index contributed by atoms with van der Waals surface area (Å²) in [7, 11) is 0. The second-order valence-electron chi connectivity index (χ2n) is 4.52. The average Bonchev–Trinajstić information content (AvgIpc) is 2.36. The first-order valence-corrected chi connectivity index (χ1v) is 6.01. The van der Waals surface area contributed by atoms with Gasteiger partial charge in [0.05, 0.1) is 0 Å². The van der Waals surface area contributed by atoms with Gasteiger partial charge in [-0.2, -0.15) is 0 Å². The van der Waals surface area contributed by atoms with E-state index in [1.807, 2.05) is 0 Å². The van der Waals surface area contributed by atoms with E-state index in [0.717, 1.165) is 0 Å². The number of carboxylic acids is 1. The Balaban J connectivity index is 2.30. The van der Waals surface area contributed by atoms with Crippen LogP contribution in [-0.2, 0) is 4.79 Å². The molecule has 0 bridgehead atoms. The summed E-state index contributed by atoms with van der Waals surface area (Å²) in [4.78, 5) is 11.3. The Morgan fingerprint density at radius 2 is 1.85 bits per heavy atom. The van der Waals surface area contributed by atoms with Crippen molar-refractivity contribution >= 4 is 11.7 Å². The number of halogens is 1. The van der Waals surface area contributed by atoms with E-state index in [2.05, 4.69) is 5.32 Å². The van der Waals surface area contributed by atoms with Gasteiger partial charge in [-0.3, -0.25) is 0 Å². The van der Waals surface area contributed by atoms with Crippen LogP contribution < -0.4 is 5.32 Å². The predicted molar refractivity (Wildman–Crippen MR) is 73.2 cm³/mol. The lowest BCUT2D eigenvalue weighted by molar-refractivity contribution is -0.138. The molecule has 1 atom stereocenters. The fraction of sp³-hybridized carbons (Fsp3) is 0.133. The van der Waals surface area contributed by atoms with Crippen LogP contribution in [0.3, 0.4) is 0 Å². The zero-order valence-electron chi connectivity index (χ0n) is 10.8. The predicted octanol–water partition coefficient (Wildman–Crippen LogP) is 3.08. The number of nitrogens with one attached hydrogen (secondary N) is 1. The Labute approximate surface area is 115 Å². The van der Waals surface area contributed by atoms with Crippen LogP contribution >= 0.6 is 0 Å². The molecular weight excluding hydrogens is 261 g/mol. The zero-order chi connectivity index (χ0) is 14.7. The summed E-state index contributed by atoms with van der Waals surface area (Å²) in [5.74, 6) is -1.46. The molecular formula is C15H14FNO3. The highest BCUT2D eigenvalue weighted by atomic mass is 19.1. The molecule has 0 aromatic heterocycles. The Kier molecular flexibility index (Phi) is 3.89. The summed E-state index contributed by atoms with van der Waals surface area (Å²) in [5.41, 5.74) is 1.56. The molecule has 1 unspecified atom stereocenters. The van der Waals surface area contributed by atoms with Crippen LogP contribution in [0.1, 0.15) is 17.2 Å². The third-order valence-corrected chi connectivity index (χ3v) is 2.83. The molecule has 2 aromatic rings. The van der Waals surface area contributed by atoms with Crippen molar-refractivity contribution < 1.29 is 19.4 Å². The molecule has 2 rings (SSSR count). The number of rotatable bonds is 4. The van der Waals surface area contributed by atoms with Crippen molar-refractivity contribution in [2.24, 2.45) is 0 Å². The monoisotopic (exact) mass is 275 g/mol. The van der Waals surface area contributed by atoms with Crippen LogP contribution in [0.5, 0.6) is 5.75 Å². The summed E-state index contributed by atoms with van der Waals surface area (Å²) >= 11 is 0. The van der Waals surface area contributed by atoms with Gasteiger partial charge in [-0.1, -0.05) is 12.1 Å². The number of benzene rings is 2. The molecule has 0 spiro atoms. The molecule has 0 fully saturated rings. The highest BCUT2D eigenvalue weighted by Crippen LogP contribution is 2.23. The first-order valence-electron chi connectivity index (χ1n) is 6.01. The Morgan fingerprint density at radius 3 is 2.40 bits per heavy atom. The lowest BCUT2D eigenvalue weighted by Gasteiger charge is -2.16. The SMILES string of the molecule is Cc1cc(F)cc(NC(C(=O)O)c2ccc(O)cc2)c1. The second kappa shape index (κ2) is 5.61. The molecule has 0 amide bonds. The number of aliphatic carboxylic acids is 1. The molecule has 20 heavy (non-hydrogen) atoms. The van der Waals surface area contributed by atoms with Crippen LogP contribution in [0.15, 0.2) is 42.5 Å². The maximum absolute atomic E-state index is 13.3. The zero-order valence-corrected chi connectivity index (χ0v) is 10.8. The van der Waals surface area contributed by atoms with Gasteiger partial charge in [0.1, 0.15) is 11.6 Å². The van der Waals surface area contributed by atoms with Crippen molar-refractivity contribution in [1.29, 1.82) is 0 Å². The third-order valence-electron chi connectivity index (χ3n) is 2.83. The number of aryl methyl sites for hydroxylation is 1. The number of hydrogen-bond donors (Lipinski definition) is 3. The largest absolute Gasteiger partial charge is 0.508 e. The van der Waals surface area contributed by atoms with E-state index in [0.29, 0.717) is 16.8 Å². The van der Waals surface area contributed by atoms with Crippen LogP contribution in [0.4, 0.5) is 10.1 Å². The Bertz CT molecular complexity index is 605. The average molecular weight is 275 g/mol. The van der Waals surface area contributed by atoms with Crippen molar-refractivity contribution in [3.05, 3.63) is 59.4 Å².